The van der Waals surface area contributed by atoms with Gasteiger partial charge in [-0.15, -0.1) is 0 Å². The summed E-state index contributed by atoms with van der Waals surface area (Å²) in [6.45, 7) is 5.74. The van der Waals surface area contributed by atoms with E-state index in [0.717, 1.165) is 0 Å². The lowest BCUT2D eigenvalue weighted by Crippen LogP contribution is -2.40. The highest BCUT2D eigenvalue weighted by atomic mass is 16.3. The number of carbonyl (C=O) groups is 1. The quantitative estimate of drug-likeness (QED) is 0.672. The molecule has 3 rings (SSSR count). The Bertz CT molecular complexity index is 828. The average molecular weight is 299 g/mol. The molecule has 4 N–H and O–H groups in total. The Morgan fingerprint density at radius 2 is 2.14 bits per heavy atom. The minimum absolute atomic E-state index is 0.0864. The fourth-order valence-corrected chi connectivity index (χ4v) is 2.19. The van der Waals surface area contributed by atoms with E-state index in [2.05, 4.69) is 20.3 Å². The maximum atomic E-state index is 12.4. The van der Waals surface area contributed by atoms with Crippen molar-refractivity contribution in [3.05, 3.63) is 30.2 Å². The molecule has 0 aliphatic rings. The van der Waals surface area contributed by atoms with Crippen LogP contribution in [0.25, 0.3) is 22.5 Å². The molecule has 3 aromatic heterocycles. The number of hydrogen-bond acceptors (Lipinski definition) is 5. The minimum atomic E-state index is -0.344. The standard InChI is InChI=1S/C15H17N5O2/c1-15(2,3)20-13(21)8-7-17-12-10(8)18-14(16)19-11(12)9-5-4-6-22-9/h4-7,17H,1-3H3,(H,20,21)(H2,16,18,19). The number of fused-ring (bicyclic) bond motifs is 1. The third kappa shape index (κ3) is 2.52. The molecule has 0 saturated carbocycles. The van der Waals surface area contributed by atoms with E-state index >= 15 is 0 Å². The molecule has 0 radical (unpaired) electrons. The lowest BCUT2D eigenvalue weighted by Gasteiger charge is -2.20. The first-order chi connectivity index (χ1) is 10.3. The minimum Gasteiger partial charge on any atom is -0.463 e. The predicted octanol–water partition coefficient (Wildman–Crippen LogP) is 2.33. The number of rotatable bonds is 2. The molecular weight excluding hydrogens is 282 g/mol. The molecule has 0 fully saturated rings. The summed E-state index contributed by atoms with van der Waals surface area (Å²) in [5.41, 5.74) is 7.47. The summed E-state index contributed by atoms with van der Waals surface area (Å²) in [7, 11) is 0. The van der Waals surface area contributed by atoms with Crippen LogP contribution in [0, 0.1) is 0 Å². The highest BCUT2D eigenvalue weighted by Crippen LogP contribution is 2.28. The number of carbonyl (C=O) groups excluding carboxylic acids is 1. The summed E-state index contributed by atoms with van der Waals surface area (Å²) in [6, 6.07) is 3.53. The van der Waals surface area contributed by atoms with Crippen molar-refractivity contribution in [1.82, 2.24) is 20.3 Å². The van der Waals surface area contributed by atoms with Crippen LogP contribution in [0.2, 0.25) is 0 Å². The number of nitrogen functional groups attached to an aromatic ring is 1. The summed E-state index contributed by atoms with van der Waals surface area (Å²) in [6.07, 6.45) is 3.15. The van der Waals surface area contributed by atoms with E-state index in [1.807, 2.05) is 20.8 Å². The highest BCUT2D eigenvalue weighted by Gasteiger charge is 2.22. The Morgan fingerprint density at radius 3 is 2.77 bits per heavy atom. The maximum Gasteiger partial charge on any atom is 0.255 e. The van der Waals surface area contributed by atoms with Gasteiger partial charge in [-0.25, -0.2) is 9.97 Å². The molecule has 0 aromatic carbocycles. The zero-order chi connectivity index (χ0) is 15.9. The summed E-state index contributed by atoms with van der Waals surface area (Å²) in [5.74, 6) is 0.425. The number of nitrogens with zero attached hydrogens (tertiary/aromatic N) is 2. The molecule has 22 heavy (non-hydrogen) atoms. The number of hydrogen-bond donors (Lipinski definition) is 3. The number of aromatic amines is 1. The van der Waals surface area contributed by atoms with Crippen molar-refractivity contribution < 1.29 is 9.21 Å². The van der Waals surface area contributed by atoms with Crippen LogP contribution in [-0.2, 0) is 0 Å². The number of nitrogens with two attached hydrogens (primary N) is 1. The number of H-pyrrole nitrogens is 1. The Hall–Kier alpha value is -2.83. The number of aromatic nitrogens is 3. The fourth-order valence-electron chi connectivity index (χ4n) is 2.19. The molecule has 114 valence electrons. The SMILES string of the molecule is CC(C)(C)NC(=O)c1c[nH]c2c(-c3ccco3)nc(N)nc12. The van der Waals surface area contributed by atoms with Gasteiger partial charge in [0.2, 0.25) is 5.95 Å². The third-order valence-corrected chi connectivity index (χ3v) is 3.03. The maximum absolute atomic E-state index is 12.4. The van der Waals surface area contributed by atoms with Gasteiger partial charge in [0.25, 0.3) is 5.91 Å². The Balaban J connectivity index is 2.14. The molecule has 0 atom stereocenters. The van der Waals surface area contributed by atoms with Crippen molar-refractivity contribution in [1.29, 1.82) is 0 Å². The van der Waals surface area contributed by atoms with Crippen LogP contribution in [0.15, 0.2) is 29.0 Å². The van der Waals surface area contributed by atoms with E-state index < -0.39 is 0 Å². The molecule has 0 aliphatic carbocycles. The van der Waals surface area contributed by atoms with Crippen LogP contribution >= 0.6 is 0 Å². The predicted molar refractivity (Wildman–Crippen MR) is 83.2 cm³/mol. The lowest BCUT2D eigenvalue weighted by molar-refractivity contribution is 0.0921. The van der Waals surface area contributed by atoms with E-state index in [1.165, 1.54) is 0 Å². The van der Waals surface area contributed by atoms with E-state index in [-0.39, 0.29) is 17.4 Å². The number of amides is 1. The van der Waals surface area contributed by atoms with Gasteiger partial charge in [-0.2, -0.15) is 0 Å². The van der Waals surface area contributed by atoms with Gasteiger partial charge in [0.1, 0.15) is 11.2 Å². The van der Waals surface area contributed by atoms with Crippen molar-refractivity contribution >= 4 is 22.9 Å². The smallest absolute Gasteiger partial charge is 0.255 e. The second kappa shape index (κ2) is 4.87. The van der Waals surface area contributed by atoms with E-state index in [9.17, 15) is 4.79 Å². The van der Waals surface area contributed by atoms with Crippen molar-refractivity contribution in [2.45, 2.75) is 26.3 Å². The summed E-state index contributed by atoms with van der Waals surface area (Å²) < 4.78 is 5.37. The molecule has 3 aromatic rings. The number of anilines is 1. The monoisotopic (exact) mass is 299 g/mol. The summed E-state index contributed by atoms with van der Waals surface area (Å²) in [5, 5.41) is 2.90. The first-order valence-corrected chi connectivity index (χ1v) is 6.86. The molecule has 0 bridgehead atoms. The molecule has 7 nitrogen and oxygen atoms in total. The van der Waals surface area contributed by atoms with Gasteiger partial charge in [-0.3, -0.25) is 4.79 Å². The molecule has 7 heteroatoms. The van der Waals surface area contributed by atoms with Gasteiger partial charge < -0.3 is 20.5 Å². The molecule has 0 spiro atoms. The number of nitrogens with one attached hydrogen (secondary N) is 2. The summed E-state index contributed by atoms with van der Waals surface area (Å²) >= 11 is 0. The second-order valence-electron chi connectivity index (χ2n) is 6.04. The Morgan fingerprint density at radius 1 is 1.36 bits per heavy atom. The zero-order valence-electron chi connectivity index (χ0n) is 12.6. The molecule has 0 saturated heterocycles. The average Bonchev–Trinajstić information content (AvgIpc) is 3.04. The van der Waals surface area contributed by atoms with Crippen molar-refractivity contribution in [2.24, 2.45) is 0 Å². The lowest BCUT2D eigenvalue weighted by atomic mass is 10.1. The Kier molecular flexibility index (Phi) is 3.13. The first kappa shape index (κ1) is 14.1. The second-order valence-corrected chi connectivity index (χ2v) is 6.04. The van der Waals surface area contributed by atoms with Crippen LogP contribution in [0.3, 0.4) is 0 Å². The van der Waals surface area contributed by atoms with E-state index in [4.69, 9.17) is 10.2 Å². The first-order valence-electron chi connectivity index (χ1n) is 6.86. The van der Waals surface area contributed by atoms with Gasteiger partial charge in [-0.05, 0) is 32.9 Å². The zero-order valence-corrected chi connectivity index (χ0v) is 12.6. The van der Waals surface area contributed by atoms with Gasteiger partial charge >= 0.3 is 0 Å². The third-order valence-electron chi connectivity index (χ3n) is 3.03. The van der Waals surface area contributed by atoms with Crippen LogP contribution < -0.4 is 11.1 Å². The molecule has 0 unspecified atom stereocenters. The topological polar surface area (TPSA) is 110 Å². The van der Waals surface area contributed by atoms with Crippen molar-refractivity contribution in [3.8, 4) is 11.5 Å². The van der Waals surface area contributed by atoms with Crippen LogP contribution in [0.5, 0.6) is 0 Å². The fraction of sp³-hybridized carbons (Fsp3) is 0.267. The highest BCUT2D eigenvalue weighted by molar-refractivity contribution is 6.07. The van der Waals surface area contributed by atoms with Crippen LogP contribution in [-0.4, -0.2) is 26.4 Å². The number of furan rings is 1. The molecular formula is C15H17N5O2. The van der Waals surface area contributed by atoms with Crippen molar-refractivity contribution in [2.75, 3.05) is 5.73 Å². The summed E-state index contributed by atoms with van der Waals surface area (Å²) in [4.78, 5) is 23.8. The van der Waals surface area contributed by atoms with Gasteiger partial charge in [0.15, 0.2) is 5.76 Å². The Labute approximate surface area is 126 Å². The van der Waals surface area contributed by atoms with Gasteiger partial charge in [-0.1, -0.05) is 0 Å². The van der Waals surface area contributed by atoms with Gasteiger partial charge in [0, 0.05) is 11.7 Å². The normalized spacial score (nSPS) is 11.8. The molecule has 0 aliphatic heterocycles. The molecule has 1 amide bonds. The van der Waals surface area contributed by atoms with Crippen molar-refractivity contribution in [3.63, 3.8) is 0 Å². The van der Waals surface area contributed by atoms with E-state index in [1.54, 1.807) is 24.6 Å². The molecule has 3 heterocycles. The largest absolute Gasteiger partial charge is 0.463 e. The van der Waals surface area contributed by atoms with Crippen LogP contribution in [0.4, 0.5) is 5.95 Å². The van der Waals surface area contributed by atoms with E-state index in [0.29, 0.717) is 28.1 Å². The van der Waals surface area contributed by atoms with Crippen LogP contribution in [0.1, 0.15) is 31.1 Å². The van der Waals surface area contributed by atoms with Gasteiger partial charge in [0.05, 0.1) is 17.3 Å².